The predicted octanol–water partition coefficient (Wildman–Crippen LogP) is 2.68. The molecule has 0 fully saturated rings. The number of aliphatic hydroxyl groups excluding tert-OH is 1. The molecule has 0 atom stereocenters. The van der Waals surface area contributed by atoms with Crippen molar-refractivity contribution in [1.29, 1.82) is 0 Å². The van der Waals surface area contributed by atoms with Crippen LogP contribution in [0.1, 0.15) is 5.56 Å². The molecule has 3 rings (SSSR count). The Morgan fingerprint density at radius 1 is 0.792 bits per heavy atom. The Labute approximate surface area is 152 Å². The predicted molar refractivity (Wildman–Crippen MR) is 88.7 cm³/mol. The summed E-state index contributed by atoms with van der Waals surface area (Å²) in [5, 5.41) is 29.9. The number of rotatable bonds is 2. The minimum absolute atomic E-state index is 0. The second-order valence-corrected chi connectivity index (χ2v) is 4.76. The van der Waals surface area contributed by atoms with Crippen LogP contribution in [0.2, 0.25) is 0 Å². The van der Waals surface area contributed by atoms with Gasteiger partial charge in [0.15, 0.2) is 0 Å². The van der Waals surface area contributed by atoms with Gasteiger partial charge in [-0.2, -0.15) is 0 Å². The standard InChI is InChI=1S/C14H12O.C6H6O2.Fe/c15-14(13-8-4-5-9-13)11-10-12-6-2-1-3-7-12;7-6(8)5-3-1-2-4-5;/h1-11,15H;1-4,7-8H;/q;;+2/p-2. The van der Waals surface area contributed by atoms with Crippen LogP contribution in [0.3, 0.4) is 0 Å². The van der Waals surface area contributed by atoms with Crippen molar-refractivity contribution in [3.63, 3.8) is 0 Å². The topological polar surface area (TPSA) is 66.3 Å². The summed E-state index contributed by atoms with van der Waals surface area (Å²) in [6, 6.07) is 9.79. The zero-order valence-electron chi connectivity index (χ0n) is 12.8. The Hall–Kier alpha value is -2.68. The summed E-state index contributed by atoms with van der Waals surface area (Å²) in [5.41, 5.74) is 2.13. The van der Waals surface area contributed by atoms with E-state index in [0.717, 1.165) is 11.1 Å². The molecular weight excluding hydrogens is 344 g/mol. The minimum Gasteiger partial charge on any atom is -0.872 e. The molecule has 0 saturated heterocycles. The molecule has 3 nitrogen and oxygen atoms in total. The summed E-state index contributed by atoms with van der Waals surface area (Å²) in [7, 11) is 0. The number of hydrogen-bond donors (Lipinski definition) is 1. The van der Waals surface area contributed by atoms with Crippen LogP contribution in [0.25, 0.3) is 6.08 Å². The number of allylic oxidation sites excluding steroid dienone is 11. The summed E-state index contributed by atoms with van der Waals surface area (Å²) in [6.07, 6.45) is 17.3. The van der Waals surface area contributed by atoms with E-state index >= 15 is 0 Å². The molecule has 1 aromatic carbocycles. The summed E-state index contributed by atoms with van der Waals surface area (Å²) >= 11 is 0. The Kier molecular flexibility index (Phi) is 8.20. The maximum Gasteiger partial charge on any atom is 2.00 e. The Balaban J connectivity index is 0.000000273. The average Bonchev–Trinajstić information content (AvgIpc) is 3.27. The van der Waals surface area contributed by atoms with Gasteiger partial charge in [-0.1, -0.05) is 91.1 Å². The van der Waals surface area contributed by atoms with E-state index in [9.17, 15) is 10.2 Å². The first-order chi connectivity index (χ1) is 11.2. The molecular formula is C20H16FeO3. The second-order valence-electron chi connectivity index (χ2n) is 4.76. The van der Waals surface area contributed by atoms with Crippen LogP contribution >= 0.6 is 0 Å². The molecule has 24 heavy (non-hydrogen) atoms. The second kappa shape index (κ2) is 10.2. The number of hydrogen-bond acceptors (Lipinski definition) is 3. The fourth-order valence-electron chi connectivity index (χ4n) is 1.89. The minimum atomic E-state index is -0.866. The molecule has 0 amide bonds. The maximum absolute atomic E-state index is 11.6. The molecule has 4 heteroatoms. The van der Waals surface area contributed by atoms with Gasteiger partial charge in [0.1, 0.15) is 0 Å². The van der Waals surface area contributed by atoms with E-state index in [2.05, 4.69) is 0 Å². The van der Waals surface area contributed by atoms with Crippen LogP contribution in [0.15, 0.2) is 108 Å². The van der Waals surface area contributed by atoms with Gasteiger partial charge in [0, 0.05) is 0 Å². The molecule has 0 aliphatic heterocycles. The average molecular weight is 360 g/mol. The van der Waals surface area contributed by atoms with Crippen LogP contribution in [-0.2, 0) is 17.1 Å². The molecule has 2 aliphatic rings. The third kappa shape index (κ3) is 6.21. The van der Waals surface area contributed by atoms with Crippen LogP contribution in [0.4, 0.5) is 0 Å². The van der Waals surface area contributed by atoms with E-state index in [1.165, 1.54) is 0 Å². The van der Waals surface area contributed by atoms with Crippen molar-refractivity contribution in [3.8, 4) is 0 Å². The fourth-order valence-corrected chi connectivity index (χ4v) is 1.89. The molecule has 2 aliphatic carbocycles. The molecule has 0 unspecified atom stereocenters. The Bertz CT molecular complexity index is 716. The monoisotopic (exact) mass is 360 g/mol. The SMILES string of the molecule is [Fe+2].[O-]C(C=Cc1ccccc1)=C1C=CC=C1.[O-]C(O)=C1C=CC=C1. The fraction of sp³-hybridized carbons (Fsp3) is 0. The number of aliphatic hydroxyl groups is 1. The summed E-state index contributed by atoms with van der Waals surface area (Å²) in [6.45, 7) is 0. The van der Waals surface area contributed by atoms with Gasteiger partial charge >= 0.3 is 17.1 Å². The summed E-state index contributed by atoms with van der Waals surface area (Å²) in [5.74, 6) is -0.821. The molecule has 0 spiro atoms. The third-order valence-electron chi connectivity index (χ3n) is 3.08. The first-order valence-corrected chi connectivity index (χ1v) is 7.11. The maximum atomic E-state index is 11.6. The van der Waals surface area contributed by atoms with Gasteiger partial charge in [0.2, 0.25) is 0 Å². The summed E-state index contributed by atoms with van der Waals surface area (Å²) in [4.78, 5) is 0. The van der Waals surface area contributed by atoms with Crippen molar-refractivity contribution in [3.05, 3.63) is 113 Å². The van der Waals surface area contributed by atoms with E-state index < -0.39 is 5.95 Å². The van der Waals surface area contributed by atoms with Crippen LogP contribution in [0.5, 0.6) is 0 Å². The zero-order valence-corrected chi connectivity index (χ0v) is 13.9. The van der Waals surface area contributed by atoms with Crippen LogP contribution < -0.4 is 10.2 Å². The zero-order chi connectivity index (χ0) is 16.5. The van der Waals surface area contributed by atoms with Crippen LogP contribution in [0, 0.1) is 0 Å². The van der Waals surface area contributed by atoms with Gasteiger partial charge in [-0.3, -0.25) is 0 Å². The van der Waals surface area contributed by atoms with Gasteiger partial charge < -0.3 is 15.3 Å². The number of benzene rings is 1. The molecule has 0 aromatic heterocycles. The van der Waals surface area contributed by atoms with Gasteiger partial charge in [0.25, 0.3) is 0 Å². The van der Waals surface area contributed by atoms with Gasteiger partial charge in [-0.25, -0.2) is 0 Å². The third-order valence-corrected chi connectivity index (χ3v) is 3.08. The van der Waals surface area contributed by atoms with Gasteiger partial charge in [0.05, 0.1) is 5.95 Å². The van der Waals surface area contributed by atoms with E-state index in [1.807, 2.05) is 60.7 Å². The van der Waals surface area contributed by atoms with Crippen molar-refractivity contribution in [2.75, 3.05) is 0 Å². The Morgan fingerprint density at radius 2 is 1.29 bits per heavy atom. The first kappa shape index (κ1) is 19.4. The smallest absolute Gasteiger partial charge is 0.872 e. The van der Waals surface area contributed by atoms with E-state index in [4.69, 9.17) is 5.11 Å². The quantitative estimate of drug-likeness (QED) is 0.652. The van der Waals surface area contributed by atoms with Crippen molar-refractivity contribution in [1.82, 2.24) is 0 Å². The molecule has 1 N–H and O–H groups in total. The summed E-state index contributed by atoms with van der Waals surface area (Å²) < 4.78 is 0. The molecule has 122 valence electrons. The largest absolute Gasteiger partial charge is 2.00 e. The van der Waals surface area contributed by atoms with E-state index in [-0.39, 0.29) is 22.8 Å². The van der Waals surface area contributed by atoms with Crippen LogP contribution in [-0.4, -0.2) is 5.11 Å². The van der Waals surface area contributed by atoms with Crippen molar-refractivity contribution in [2.24, 2.45) is 0 Å². The molecule has 0 bridgehead atoms. The van der Waals surface area contributed by atoms with Crippen molar-refractivity contribution in [2.45, 2.75) is 0 Å². The normalized spacial score (nSPS) is 13.8. The van der Waals surface area contributed by atoms with Crippen molar-refractivity contribution >= 4 is 6.08 Å². The van der Waals surface area contributed by atoms with Crippen molar-refractivity contribution < 1.29 is 32.4 Å². The van der Waals surface area contributed by atoms with Gasteiger partial charge in [-0.05, 0) is 16.7 Å². The van der Waals surface area contributed by atoms with E-state index in [1.54, 1.807) is 30.4 Å². The van der Waals surface area contributed by atoms with E-state index in [0.29, 0.717) is 5.57 Å². The van der Waals surface area contributed by atoms with Gasteiger partial charge in [-0.15, -0.1) is 5.76 Å². The first-order valence-electron chi connectivity index (χ1n) is 7.11. The molecule has 1 aromatic rings. The molecule has 0 saturated carbocycles. The molecule has 0 radical (unpaired) electrons. The molecule has 0 heterocycles. The Morgan fingerprint density at radius 3 is 1.75 bits per heavy atom.